The van der Waals surface area contributed by atoms with Crippen molar-refractivity contribution < 1.29 is 14.3 Å². The first kappa shape index (κ1) is 21.0. The van der Waals surface area contributed by atoms with Crippen molar-refractivity contribution in [3.63, 3.8) is 0 Å². The molecule has 0 aromatic heterocycles. The summed E-state index contributed by atoms with van der Waals surface area (Å²) in [6.45, 7) is 7.36. The third kappa shape index (κ3) is 4.92. The molecule has 1 atom stereocenters. The molecule has 0 aliphatic rings. The normalized spacial score (nSPS) is 11.9. The number of carbonyl (C=O) groups excluding carboxylic acids is 1. The molecule has 31 heavy (non-hydrogen) atoms. The standard InChI is InChI=1S/C27H24O3S/c1-18(2)27(28)30-19(3)17-29-26-24-12-8-7-9-20(24)15-21-13-14-23(16-25(21)26)31-22-10-5-4-6-11-22/h4-16,19H,1,17H2,2-3H3. The largest absolute Gasteiger partial charge is 0.488 e. The van der Waals surface area contributed by atoms with Crippen LogP contribution in [0, 0.1) is 0 Å². The van der Waals surface area contributed by atoms with Crippen LogP contribution in [-0.4, -0.2) is 18.7 Å². The number of ether oxygens (including phenoxy) is 2. The lowest BCUT2D eigenvalue weighted by Crippen LogP contribution is -2.22. The first-order valence-electron chi connectivity index (χ1n) is 10.2. The smallest absolute Gasteiger partial charge is 0.333 e. The summed E-state index contributed by atoms with van der Waals surface area (Å²) in [6, 6.07) is 27.1. The van der Waals surface area contributed by atoms with Gasteiger partial charge in [0.15, 0.2) is 0 Å². The van der Waals surface area contributed by atoms with Crippen molar-refractivity contribution in [1.82, 2.24) is 0 Å². The SMILES string of the molecule is C=C(C)C(=O)OC(C)COc1c2ccccc2cc2ccc(Sc3ccccc3)cc12. The van der Waals surface area contributed by atoms with E-state index in [1.54, 1.807) is 18.7 Å². The highest BCUT2D eigenvalue weighted by Crippen LogP contribution is 2.38. The molecule has 0 saturated heterocycles. The van der Waals surface area contributed by atoms with Crippen LogP contribution in [0.25, 0.3) is 21.5 Å². The van der Waals surface area contributed by atoms with Crippen molar-refractivity contribution in [1.29, 1.82) is 0 Å². The lowest BCUT2D eigenvalue weighted by Gasteiger charge is -2.18. The third-order valence-electron chi connectivity index (χ3n) is 4.88. The van der Waals surface area contributed by atoms with Crippen molar-refractivity contribution in [3.8, 4) is 5.75 Å². The molecule has 0 fully saturated rings. The highest BCUT2D eigenvalue weighted by Gasteiger charge is 2.14. The first-order valence-corrected chi connectivity index (χ1v) is 11.0. The molecule has 0 bridgehead atoms. The van der Waals surface area contributed by atoms with Gasteiger partial charge in [0.1, 0.15) is 18.5 Å². The predicted octanol–water partition coefficient (Wildman–Crippen LogP) is 7.03. The number of rotatable bonds is 7. The summed E-state index contributed by atoms with van der Waals surface area (Å²) >= 11 is 1.72. The zero-order chi connectivity index (χ0) is 21.8. The summed E-state index contributed by atoms with van der Waals surface area (Å²) in [5.74, 6) is 0.405. The number of carbonyl (C=O) groups is 1. The second-order valence-electron chi connectivity index (χ2n) is 7.53. The van der Waals surface area contributed by atoms with Gasteiger partial charge >= 0.3 is 5.97 Å². The van der Waals surface area contributed by atoms with Crippen LogP contribution in [0.4, 0.5) is 0 Å². The van der Waals surface area contributed by atoms with E-state index in [-0.39, 0.29) is 12.7 Å². The van der Waals surface area contributed by atoms with Crippen molar-refractivity contribution in [2.75, 3.05) is 6.61 Å². The van der Waals surface area contributed by atoms with Gasteiger partial charge in [-0.1, -0.05) is 66.9 Å². The number of hydrogen-bond donors (Lipinski definition) is 0. The van der Waals surface area contributed by atoms with Gasteiger partial charge in [-0.05, 0) is 55.0 Å². The number of fused-ring (bicyclic) bond motifs is 2. The van der Waals surface area contributed by atoms with E-state index in [9.17, 15) is 4.79 Å². The van der Waals surface area contributed by atoms with Crippen LogP contribution in [0.15, 0.2) is 101 Å². The predicted molar refractivity (Wildman–Crippen MR) is 128 cm³/mol. The number of benzene rings is 4. The zero-order valence-corrected chi connectivity index (χ0v) is 18.4. The van der Waals surface area contributed by atoms with Crippen LogP contribution < -0.4 is 4.74 Å². The second-order valence-corrected chi connectivity index (χ2v) is 8.68. The maximum Gasteiger partial charge on any atom is 0.333 e. The Kier molecular flexibility index (Phi) is 6.28. The molecule has 4 aromatic carbocycles. The van der Waals surface area contributed by atoms with Gasteiger partial charge in [0.05, 0.1) is 0 Å². The topological polar surface area (TPSA) is 35.5 Å². The van der Waals surface area contributed by atoms with E-state index in [4.69, 9.17) is 9.47 Å². The van der Waals surface area contributed by atoms with Crippen LogP contribution in [0.1, 0.15) is 13.8 Å². The summed E-state index contributed by atoms with van der Waals surface area (Å²) in [5, 5.41) is 4.30. The summed E-state index contributed by atoms with van der Waals surface area (Å²) in [5.41, 5.74) is 0.380. The van der Waals surface area contributed by atoms with Gasteiger partial charge in [0.2, 0.25) is 0 Å². The van der Waals surface area contributed by atoms with Crippen LogP contribution >= 0.6 is 11.8 Å². The van der Waals surface area contributed by atoms with Crippen LogP contribution in [-0.2, 0) is 9.53 Å². The van der Waals surface area contributed by atoms with Crippen molar-refractivity contribution in [2.24, 2.45) is 0 Å². The fourth-order valence-electron chi connectivity index (χ4n) is 3.36. The maximum absolute atomic E-state index is 11.8. The Labute approximate surface area is 186 Å². The molecular formula is C27H24O3S. The first-order chi connectivity index (χ1) is 15.0. The van der Waals surface area contributed by atoms with Gasteiger partial charge in [-0.2, -0.15) is 0 Å². The lowest BCUT2D eigenvalue weighted by molar-refractivity contribution is -0.144. The molecule has 0 radical (unpaired) electrons. The van der Waals surface area contributed by atoms with Gasteiger partial charge in [-0.15, -0.1) is 0 Å². The third-order valence-corrected chi connectivity index (χ3v) is 5.88. The minimum atomic E-state index is -0.402. The van der Waals surface area contributed by atoms with Gasteiger partial charge in [-0.25, -0.2) is 4.79 Å². The molecule has 156 valence electrons. The van der Waals surface area contributed by atoms with Gasteiger partial charge in [-0.3, -0.25) is 0 Å². The molecule has 3 nitrogen and oxygen atoms in total. The highest BCUT2D eigenvalue weighted by molar-refractivity contribution is 7.99. The minimum Gasteiger partial charge on any atom is -0.488 e. The van der Waals surface area contributed by atoms with E-state index in [1.807, 2.05) is 37.3 Å². The Morgan fingerprint density at radius 1 is 0.903 bits per heavy atom. The Morgan fingerprint density at radius 3 is 2.39 bits per heavy atom. The quantitative estimate of drug-likeness (QED) is 0.180. The van der Waals surface area contributed by atoms with Crippen LogP contribution in [0.5, 0.6) is 5.75 Å². The molecule has 0 aliphatic heterocycles. The van der Waals surface area contributed by atoms with E-state index in [2.05, 4.69) is 55.1 Å². The molecule has 0 aliphatic carbocycles. The van der Waals surface area contributed by atoms with E-state index >= 15 is 0 Å². The van der Waals surface area contributed by atoms with Crippen LogP contribution in [0.2, 0.25) is 0 Å². The Morgan fingerprint density at radius 2 is 1.61 bits per heavy atom. The second kappa shape index (κ2) is 9.27. The fraction of sp³-hybridized carbons (Fsp3) is 0.148. The van der Waals surface area contributed by atoms with E-state index < -0.39 is 5.97 Å². The number of esters is 1. The fourth-order valence-corrected chi connectivity index (χ4v) is 4.24. The summed E-state index contributed by atoms with van der Waals surface area (Å²) in [6.07, 6.45) is -0.389. The average molecular weight is 429 g/mol. The molecule has 4 rings (SSSR count). The Bertz CT molecular complexity index is 1250. The molecule has 1 unspecified atom stereocenters. The summed E-state index contributed by atoms with van der Waals surface area (Å²) in [4.78, 5) is 14.2. The van der Waals surface area contributed by atoms with Gasteiger partial charge in [0, 0.05) is 26.1 Å². The average Bonchev–Trinajstić information content (AvgIpc) is 2.77. The molecule has 0 spiro atoms. The summed E-state index contributed by atoms with van der Waals surface area (Å²) < 4.78 is 11.7. The molecule has 4 aromatic rings. The van der Waals surface area contributed by atoms with E-state index in [0.717, 1.165) is 32.2 Å². The van der Waals surface area contributed by atoms with E-state index in [1.165, 1.54) is 4.90 Å². The Balaban J connectivity index is 1.70. The van der Waals surface area contributed by atoms with Crippen LogP contribution in [0.3, 0.4) is 0 Å². The van der Waals surface area contributed by atoms with Crippen molar-refractivity contribution in [2.45, 2.75) is 29.7 Å². The summed E-state index contributed by atoms with van der Waals surface area (Å²) in [7, 11) is 0. The Hall–Kier alpha value is -3.24. The molecule has 4 heteroatoms. The molecule has 0 heterocycles. The van der Waals surface area contributed by atoms with Gasteiger partial charge < -0.3 is 9.47 Å². The van der Waals surface area contributed by atoms with Crippen molar-refractivity contribution in [3.05, 3.63) is 91.0 Å². The minimum absolute atomic E-state index is 0.262. The maximum atomic E-state index is 11.8. The molecular weight excluding hydrogens is 404 g/mol. The highest BCUT2D eigenvalue weighted by atomic mass is 32.2. The number of hydrogen-bond acceptors (Lipinski definition) is 4. The van der Waals surface area contributed by atoms with E-state index in [0.29, 0.717) is 5.57 Å². The zero-order valence-electron chi connectivity index (χ0n) is 17.6. The molecule has 0 N–H and O–H groups in total. The van der Waals surface area contributed by atoms with Crippen molar-refractivity contribution >= 4 is 39.3 Å². The lowest BCUT2D eigenvalue weighted by atomic mass is 10.0. The van der Waals surface area contributed by atoms with Gasteiger partial charge in [0.25, 0.3) is 0 Å². The molecule has 0 saturated carbocycles. The molecule has 0 amide bonds. The monoisotopic (exact) mass is 428 g/mol.